The van der Waals surface area contributed by atoms with Gasteiger partial charge in [-0.05, 0) is 74.4 Å². The number of aromatic amines is 1. The van der Waals surface area contributed by atoms with Crippen molar-refractivity contribution in [3.8, 4) is 0 Å². The van der Waals surface area contributed by atoms with Crippen molar-refractivity contribution < 1.29 is 17.9 Å². The van der Waals surface area contributed by atoms with Crippen molar-refractivity contribution >= 4 is 27.9 Å². The minimum absolute atomic E-state index is 0.0887. The number of nitrogens with zero attached hydrogens (tertiary/aromatic N) is 2. The number of imidazole rings is 1. The lowest BCUT2D eigenvalue weighted by atomic mass is 9.69. The number of aromatic nitrogens is 2. The predicted octanol–water partition coefficient (Wildman–Crippen LogP) is 7.69. The van der Waals surface area contributed by atoms with Gasteiger partial charge >= 0.3 is 16.3 Å². The van der Waals surface area contributed by atoms with E-state index in [1.54, 1.807) is 32.9 Å². The Kier molecular flexibility index (Phi) is 11.0. The topological polar surface area (TPSA) is 104 Å². The van der Waals surface area contributed by atoms with E-state index in [-0.39, 0.29) is 13.1 Å². The van der Waals surface area contributed by atoms with Crippen LogP contribution in [0.15, 0.2) is 121 Å². The number of amides is 1. The van der Waals surface area contributed by atoms with Crippen LogP contribution in [-0.4, -0.2) is 47.5 Å². The van der Waals surface area contributed by atoms with E-state index in [9.17, 15) is 13.2 Å². The van der Waals surface area contributed by atoms with Crippen LogP contribution in [0.2, 0.25) is 5.02 Å². The lowest BCUT2D eigenvalue weighted by Crippen LogP contribution is -2.47. The van der Waals surface area contributed by atoms with Crippen molar-refractivity contribution in [1.29, 1.82) is 0 Å². The number of H-pyrrole nitrogens is 1. The van der Waals surface area contributed by atoms with Crippen molar-refractivity contribution in [2.45, 2.75) is 51.0 Å². The van der Waals surface area contributed by atoms with Crippen LogP contribution >= 0.6 is 11.6 Å². The van der Waals surface area contributed by atoms with Gasteiger partial charge in [0.05, 0.1) is 5.69 Å². The molecule has 4 aromatic carbocycles. The Morgan fingerprint density at radius 1 is 0.812 bits per heavy atom. The number of aryl methyl sites for hydroxylation is 1. The number of rotatable bonds is 13. The number of carbonyl (C=O) groups is 1. The third-order valence-corrected chi connectivity index (χ3v) is 9.63. The number of ether oxygens (including phenoxy) is 1. The number of benzene rings is 4. The highest BCUT2D eigenvalue weighted by molar-refractivity contribution is 7.87. The monoisotopic (exact) mass is 684 g/mol. The number of nitrogens with one attached hydrogen (secondary N) is 2. The van der Waals surface area contributed by atoms with E-state index in [0.717, 1.165) is 38.1 Å². The maximum Gasteiger partial charge on any atom is 0.425 e. The first-order valence-electron chi connectivity index (χ1n) is 15.9. The molecule has 10 heteroatoms. The van der Waals surface area contributed by atoms with Gasteiger partial charge in [-0.3, -0.25) is 0 Å². The molecular formula is C38H41ClN4O4S. The van der Waals surface area contributed by atoms with Gasteiger partial charge in [-0.1, -0.05) is 115 Å². The highest BCUT2D eigenvalue weighted by atomic mass is 35.5. The van der Waals surface area contributed by atoms with Crippen molar-refractivity contribution in [3.05, 3.63) is 160 Å². The van der Waals surface area contributed by atoms with Gasteiger partial charge < -0.3 is 9.72 Å². The molecule has 5 rings (SSSR count). The molecule has 0 aliphatic heterocycles. The Hall–Kier alpha value is -4.44. The maximum atomic E-state index is 13.4. The summed E-state index contributed by atoms with van der Waals surface area (Å²) >= 11 is 5.97. The molecule has 0 aliphatic carbocycles. The smallest absolute Gasteiger partial charge is 0.425 e. The summed E-state index contributed by atoms with van der Waals surface area (Å²) in [6, 6.07) is 37.9. The summed E-state index contributed by atoms with van der Waals surface area (Å²) in [4.78, 5) is 21.7. The third kappa shape index (κ3) is 8.34. The average molecular weight is 685 g/mol. The lowest BCUT2D eigenvalue weighted by molar-refractivity contribution is 0.0388. The number of halogens is 1. The van der Waals surface area contributed by atoms with Crippen molar-refractivity contribution in [2.24, 2.45) is 0 Å². The van der Waals surface area contributed by atoms with Gasteiger partial charge in [-0.25, -0.2) is 9.78 Å². The fraction of sp³-hybridized carbons (Fsp3) is 0.263. The molecule has 0 saturated carbocycles. The summed E-state index contributed by atoms with van der Waals surface area (Å²) in [5.41, 5.74) is 3.20. The highest BCUT2D eigenvalue weighted by Gasteiger charge is 2.41. The van der Waals surface area contributed by atoms with E-state index in [1.807, 2.05) is 72.9 Å². The molecule has 0 saturated heterocycles. The van der Waals surface area contributed by atoms with E-state index >= 15 is 0 Å². The van der Waals surface area contributed by atoms with Crippen LogP contribution < -0.4 is 4.72 Å². The Balaban J connectivity index is 1.38. The van der Waals surface area contributed by atoms with Gasteiger partial charge in [0.15, 0.2) is 0 Å². The zero-order chi connectivity index (χ0) is 34.2. The molecule has 0 spiro atoms. The molecule has 8 nitrogen and oxygen atoms in total. The molecule has 0 radical (unpaired) electrons. The lowest BCUT2D eigenvalue weighted by Gasteiger charge is -2.34. The molecule has 1 aromatic heterocycles. The zero-order valence-electron chi connectivity index (χ0n) is 27.4. The first kappa shape index (κ1) is 34.9. The SMILES string of the molecule is CC(C)(C)OC(=O)N(CCCc1c[nH]c(C(c2ccccc2)(c2ccccc2)c2ccccc2)n1)S(=O)(=O)NCCc1ccc(Cl)cc1. The van der Waals surface area contributed by atoms with Crippen LogP contribution in [-0.2, 0) is 33.2 Å². The fourth-order valence-electron chi connectivity index (χ4n) is 5.73. The van der Waals surface area contributed by atoms with E-state index in [0.29, 0.717) is 24.3 Å². The molecule has 48 heavy (non-hydrogen) atoms. The quantitative estimate of drug-likeness (QED) is 0.124. The van der Waals surface area contributed by atoms with Gasteiger partial charge in [0.1, 0.15) is 16.8 Å². The van der Waals surface area contributed by atoms with Gasteiger partial charge in [0, 0.05) is 24.3 Å². The molecule has 0 aliphatic rings. The first-order chi connectivity index (χ1) is 23.0. The second-order valence-electron chi connectivity index (χ2n) is 12.5. The first-order valence-corrected chi connectivity index (χ1v) is 17.8. The summed E-state index contributed by atoms with van der Waals surface area (Å²) in [6.45, 7) is 5.12. The molecule has 250 valence electrons. The molecule has 0 unspecified atom stereocenters. The Morgan fingerprint density at radius 2 is 1.33 bits per heavy atom. The molecule has 0 fully saturated rings. The molecule has 0 bridgehead atoms. The van der Waals surface area contributed by atoms with Crippen LogP contribution in [0.3, 0.4) is 0 Å². The Bertz CT molecular complexity index is 1780. The second kappa shape index (κ2) is 15.2. The molecule has 2 N–H and O–H groups in total. The third-order valence-electron chi connectivity index (χ3n) is 7.90. The van der Waals surface area contributed by atoms with E-state index < -0.39 is 27.3 Å². The standard InChI is InChI=1S/C38H41ClN4O4S/c1-37(2,3)47-36(44)43(48(45,46)41-26-25-29-21-23-33(39)24-22-29)27-13-20-34-28-40-35(42-34)38(30-14-7-4-8-15-30,31-16-9-5-10-17-31)32-18-11-6-12-19-32/h4-12,14-19,21-24,28,41H,13,20,25-27H2,1-3H3,(H,40,42). The van der Waals surface area contributed by atoms with Gasteiger partial charge in [0.2, 0.25) is 0 Å². The summed E-state index contributed by atoms with van der Waals surface area (Å²) in [7, 11) is -4.20. The minimum Gasteiger partial charge on any atom is -0.443 e. The van der Waals surface area contributed by atoms with Crippen LogP contribution in [0, 0.1) is 0 Å². The average Bonchev–Trinajstić information content (AvgIpc) is 3.54. The highest BCUT2D eigenvalue weighted by Crippen LogP contribution is 2.43. The Labute approximate surface area is 288 Å². The summed E-state index contributed by atoms with van der Waals surface area (Å²) in [6.07, 6.45) is 2.11. The number of carbonyl (C=O) groups excluding carboxylic acids is 1. The van der Waals surface area contributed by atoms with E-state index in [1.165, 1.54) is 0 Å². The summed E-state index contributed by atoms with van der Waals surface area (Å²) in [5, 5.41) is 0.602. The zero-order valence-corrected chi connectivity index (χ0v) is 29.0. The maximum absolute atomic E-state index is 13.4. The van der Waals surface area contributed by atoms with Crippen molar-refractivity contribution in [3.63, 3.8) is 0 Å². The normalized spacial score (nSPS) is 12.1. The summed E-state index contributed by atoms with van der Waals surface area (Å²) < 4.78 is 35.7. The second-order valence-corrected chi connectivity index (χ2v) is 14.6. The van der Waals surface area contributed by atoms with Crippen LogP contribution in [0.1, 0.15) is 61.0 Å². The summed E-state index contributed by atoms with van der Waals surface area (Å²) in [5.74, 6) is 0.738. The molecule has 5 aromatic rings. The van der Waals surface area contributed by atoms with Crippen LogP contribution in [0.4, 0.5) is 4.79 Å². The van der Waals surface area contributed by atoms with Crippen LogP contribution in [0.25, 0.3) is 0 Å². The van der Waals surface area contributed by atoms with Gasteiger partial charge in [0.25, 0.3) is 0 Å². The van der Waals surface area contributed by atoms with E-state index in [4.69, 9.17) is 21.3 Å². The molecule has 1 heterocycles. The molecular weight excluding hydrogens is 644 g/mol. The largest absolute Gasteiger partial charge is 0.443 e. The molecule has 1 amide bonds. The number of hydrogen-bond donors (Lipinski definition) is 2. The van der Waals surface area contributed by atoms with Crippen LogP contribution in [0.5, 0.6) is 0 Å². The van der Waals surface area contributed by atoms with E-state index in [2.05, 4.69) is 46.1 Å². The predicted molar refractivity (Wildman–Crippen MR) is 190 cm³/mol. The van der Waals surface area contributed by atoms with Crippen molar-refractivity contribution in [2.75, 3.05) is 13.1 Å². The Morgan fingerprint density at radius 3 is 1.83 bits per heavy atom. The van der Waals surface area contributed by atoms with Gasteiger partial charge in [-0.15, -0.1) is 0 Å². The van der Waals surface area contributed by atoms with Gasteiger partial charge in [-0.2, -0.15) is 17.4 Å². The minimum atomic E-state index is -4.20. The molecule has 0 atom stereocenters. The van der Waals surface area contributed by atoms with Crippen molar-refractivity contribution in [1.82, 2.24) is 19.0 Å². The number of hydrogen-bond acceptors (Lipinski definition) is 5. The fourth-order valence-corrected chi connectivity index (χ4v) is 6.98.